The molecule has 1 saturated heterocycles. The van der Waals surface area contributed by atoms with E-state index >= 15 is 0 Å². The molecule has 1 aromatic carbocycles. The van der Waals surface area contributed by atoms with Crippen molar-refractivity contribution in [2.24, 2.45) is 0 Å². The van der Waals surface area contributed by atoms with Crippen LogP contribution in [0.2, 0.25) is 0 Å². The zero-order valence-corrected chi connectivity index (χ0v) is 12.6. The van der Waals surface area contributed by atoms with Crippen molar-refractivity contribution in [1.29, 1.82) is 0 Å². The van der Waals surface area contributed by atoms with Crippen LogP contribution in [-0.4, -0.2) is 43.7 Å². The molecule has 0 radical (unpaired) electrons. The van der Waals surface area contributed by atoms with Crippen molar-refractivity contribution in [3.8, 4) is 0 Å². The number of ether oxygens (including phenoxy) is 1. The van der Waals surface area contributed by atoms with Gasteiger partial charge in [0.25, 0.3) is 5.91 Å². The van der Waals surface area contributed by atoms with Crippen LogP contribution in [0.3, 0.4) is 0 Å². The molecule has 6 heteroatoms. The molecule has 3 rings (SSSR count). The predicted molar refractivity (Wildman–Crippen MR) is 83.1 cm³/mol. The first kappa shape index (κ1) is 14.7. The smallest absolute Gasteiger partial charge is 0.336 e. The van der Waals surface area contributed by atoms with E-state index in [-0.39, 0.29) is 5.91 Å². The summed E-state index contributed by atoms with van der Waals surface area (Å²) in [6, 6.07) is 6.73. The summed E-state index contributed by atoms with van der Waals surface area (Å²) < 4.78 is 10.7. The average Bonchev–Trinajstić information content (AvgIpc) is 2.46. The van der Waals surface area contributed by atoms with Gasteiger partial charge in [-0.2, -0.15) is 0 Å². The van der Waals surface area contributed by atoms with Crippen LogP contribution in [0.5, 0.6) is 0 Å². The number of hydrogen-bond acceptors (Lipinski definition) is 5. The highest BCUT2D eigenvalue weighted by Gasteiger charge is 2.24. The van der Waals surface area contributed by atoms with Gasteiger partial charge in [0.05, 0.1) is 6.61 Å². The molecule has 2 aromatic rings. The number of amides is 1. The first-order chi connectivity index (χ1) is 10.5. The number of nitrogens with zero attached hydrogens (tertiary/aromatic N) is 1. The third kappa shape index (κ3) is 3.03. The maximum atomic E-state index is 12.2. The Morgan fingerprint density at radius 1 is 1.36 bits per heavy atom. The Hall–Kier alpha value is -2.18. The van der Waals surface area contributed by atoms with Crippen LogP contribution in [0, 0.1) is 6.92 Å². The van der Waals surface area contributed by atoms with Gasteiger partial charge in [-0.3, -0.25) is 4.79 Å². The van der Waals surface area contributed by atoms with Crippen molar-refractivity contribution < 1.29 is 13.9 Å². The van der Waals surface area contributed by atoms with Crippen LogP contribution >= 0.6 is 0 Å². The van der Waals surface area contributed by atoms with Gasteiger partial charge in [0.2, 0.25) is 0 Å². The number of nitrogens with one attached hydrogen (secondary N) is 1. The van der Waals surface area contributed by atoms with Gasteiger partial charge in [-0.25, -0.2) is 4.79 Å². The molecule has 1 aliphatic rings. The molecule has 1 N–H and O–H groups in total. The first-order valence-corrected chi connectivity index (χ1v) is 7.18. The number of carbonyl (C=O) groups excluding carboxylic acids is 1. The largest absolute Gasteiger partial charge is 0.423 e. The lowest BCUT2D eigenvalue weighted by atomic mass is 10.1. The van der Waals surface area contributed by atoms with E-state index in [1.807, 2.05) is 20.0 Å². The summed E-state index contributed by atoms with van der Waals surface area (Å²) in [4.78, 5) is 25.7. The van der Waals surface area contributed by atoms with Crippen molar-refractivity contribution in [2.45, 2.75) is 13.0 Å². The molecule has 0 spiro atoms. The number of morpholine rings is 1. The van der Waals surface area contributed by atoms with E-state index < -0.39 is 11.7 Å². The molecule has 22 heavy (non-hydrogen) atoms. The van der Waals surface area contributed by atoms with Crippen LogP contribution in [-0.2, 0) is 9.53 Å². The third-order valence-electron chi connectivity index (χ3n) is 3.78. The number of aryl methyl sites for hydroxylation is 1. The second-order valence-corrected chi connectivity index (χ2v) is 5.57. The Morgan fingerprint density at radius 2 is 2.18 bits per heavy atom. The van der Waals surface area contributed by atoms with Gasteiger partial charge in [-0.1, -0.05) is 0 Å². The molecular weight excluding hydrogens is 284 g/mol. The highest BCUT2D eigenvalue weighted by Crippen LogP contribution is 2.21. The molecule has 0 bridgehead atoms. The summed E-state index contributed by atoms with van der Waals surface area (Å²) in [6.45, 7) is 3.78. The van der Waals surface area contributed by atoms with Crippen LogP contribution in [0.1, 0.15) is 5.56 Å². The first-order valence-electron chi connectivity index (χ1n) is 7.18. The molecule has 1 amide bonds. The van der Waals surface area contributed by atoms with Gasteiger partial charge in [0.1, 0.15) is 11.7 Å². The second kappa shape index (κ2) is 5.90. The predicted octanol–water partition coefficient (Wildman–Crippen LogP) is 1.37. The molecular formula is C16H18N2O4. The molecule has 116 valence electrons. The fourth-order valence-corrected chi connectivity index (χ4v) is 2.56. The van der Waals surface area contributed by atoms with Gasteiger partial charge in [0, 0.05) is 36.3 Å². The number of rotatable bonds is 2. The average molecular weight is 302 g/mol. The van der Waals surface area contributed by atoms with Crippen molar-refractivity contribution in [2.75, 3.05) is 32.1 Å². The summed E-state index contributed by atoms with van der Waals surface area (Å²) in [5.41, 5.74) is 1.50. The van der Waals surface area contributed by atoms with E-state index in [1.54, 1.807) is 12.1 Å². The Balaban J connectivity index is 1.82. The molecule has 2 heterocycles. The number of fused-ring (bicyclic) bond motifs is 1. The summed E-state index contributed by atoms with van der Waals surface area (Å²) in [7, 11) is 1.95. The van der Waals surface area contributed by atoms with Crippen molar-refractivity contribution in [1.82, 2.24) is 4.90 Å². The number of hydrogen-bond donors (Lipinski definition) is 1. The molecule has 6 nitrogen and oxygen atoms in total. The van der Waals surface area contributed by atoms with E-state index in [4.69, 9.17) is 9.15 Å². The van der Waals surface area contributed by atoms with Crippen molar-refractivity contribution in [3.63, 3.8) is 0 Å². The lowest BCUT2D eigenvalue weighted by molar-refractivity contribution is -0.132. The Morgan fingerprint density at radius 3 is 2.95 bits per heavy atom. The molecule has 1 aliphatic heterocycles. The maximum Gasteiger partial charge on any atom is 0.336 e. The van der Waals surface area contributed by atoms with Gasteiger partial charge in [-0.15, -0.1) is 0 Å². The Labute approximate surface area is 127 Å². The third-order valence-corrected chi connectivity index (χ3v) is 3.78. The highest BCUT2D eigenvalue weighted by molar-refractivity contribution is 5.96. The summed E-state index contributed by atoms with van der Waals surface area (Å²) in [5, 5.41) is 3.66. The fraction of sp³-hybridized carbons (Fsp3) is 0.375. The van der Waals surface area contributed by atoms with Crippen molar-refractivity contribution >= 4 is 22.6 Å². The molecule has 0 saturated carbocycles. The lowest BCUT2D eigenvalue weighted by Crippen LogP contribution is -2.46. The quantitative estimate of drug-likeness (QED) is 0.848. The summed E-state index contributed by atoms with van der Waals surface area (Å²) >= 11 is 0. The second-order valence-electron chi connectivity index (χ2n) is 5.57. The van der Waals surface area contributed by atoms with E-state index in [2.05, 4.69) is 10.2 Å². The minimum Gasteiger partial charge on any atom is -0.423 e. The van der Waals surface area contributed by atoms with E-state index in [0.29, 0.717) is 24.4 Å². The number of anilines is 1. The van der Waals surface area contributed by atoms with Crippen LogP contribution in [0.15, 0.2) is 33.5 Å². The fourth-order valence-electron chi connectivity index (χ4n) is 2.56. The summed E-state index contributed by atoms with van der Waals surface area (Å²) in [6.07, 6.45) is -0.487. The Kier molecular flexibility index (Phi) is 3.96. The highest BCUT2D eigenvalue weighted by atomic mass is 16.5. The molecule has 1 unspecified atom stereocenters. The maximum absolute atomic E-state index is 12.2. The topological polar surface area (TPSA) is 71.8 Å². The van der Waals surface area contributed by atoms with E-state index in [1.165, 1.54) is 6.07 Å². The molecule has 1 atom stereocenters. The minimum absolute atomic E-state index is 0.194. The SMILES string of the molecule is Cc1cc(=O)oc2cc(NC(=O)C3CN(C)CCO3)ccc12. The van der Waals surface area contributed by atoms with Gasteiger partial charge < -0.3 is 19.4 Å². The number of benzene rings is 1. The summed E-state index contributed by atoms with van der Waals surface area (Å²) in [5.74, 6) is -0.194. The lowest BCUT2D eigenvalue weighted by Gasteiger charge is -2.29. The van der Waals surface area contributed by atoms with E-state index in [0.717, 1.165) is 17.5 Å². The van der Waals surface area contributed by atoms with Gasteiger partial charge >= 0.3 is 5.63 Å². The number of likely N-dealkylation sites (N-methyl/N-ethyl adjacent to an activating group) is 1. The monoisotopic (exact) mass is 302 g/mol. The zero-order chi connectivity index (χ0) is 15.7. The van der Waals surface area contributed by atoms with Crippen LogP contribution in [0.4, 0.5) is 5.69 Å². The molecule has 1 fully saturated rings. The van der Waals surface area contributed by atoms with Crippen LogP contribution in [0.25, 0.3) is 11.0 Å². The standard InChI is InChI=1S/C16H18N2O4/c1-10-7-15(19)22-13-8-11(3-4-12(10)13)17-16(20)14-9-18(2)5-6-21-14/h3-4,7-8,14H,5-6,9H2,1-2H3,(H,17,20). The van der Waals surface area contributed by atoms with Gasteiger partial charge in [-0.05, 0) is 31.7 Å². The Bertz CT molecular complexity index is 768. The van der Waals surface area contributed by atoms with E-state index in [9.17, 15) is 9.59 Å². The van der Waals surface area contributed by atoms with Crippen LogP contribution < -0.4 is 10.9 Å². The molecule has 0 aliphatic carbocycles. The molecule has 1 aromatic heterocycles. The van der Waals surface area contributed by atoms with Gasteiger partial charge in [0.15, 0.2) is 0 Å². The van der Waals surface area contributed by atoms with Crippen molar-refractivity contribution in [3.05, 3.63) is 40.2 Å². The normalized spacial score (nSPS) is 19.3. The zero-order valence-electron chi connectivity index (χ0n) is 12.6. The minimum atomic E-state index is -0.487. The number of carbonyl (C=O) groups is 1.